The second-order valence-electron chi connectivity index (χ2n) is 7.20. The lowest BCUT2D eigenvalue weighted by molar-refractivity contribution is 0.0420. The molecule has 1 atom stereocenters. The Balaban J connectivity index is 1.72. The van der Waals surface area contributed by atoms with Gasteiger partial charge in [0.05, 0.1) is 18.9 Å². The third kappa shape index (κ3) is 7.04. The van der Waals surface area contributed by atoms with Crippen LogP contribution >= 0.6 is 0 Å². The van der Waals surface area contributed by atoms with E-state index in [1.165, 1.54) is 0 Å². The average Bonchev–Trinajstić information content (AvgIpc) is 3.23. The summed E-state index contributed by atoms with van der Waals surface area (Å²) in [7, 11) is 0. The molecule has 7 nitrogen and oxygen atoms in total. The van der Waals surface area contributed by atoms with Gasteiger partial charge in [0.1, 0.15) is 12.3 Å². The van der Waals surface area contributed by atoms with E-state index in [9.17, 15) is 0 Å². The van der Waals surface area contributed by atoms with E-state index in [4.69, 9.17) is 13.9 Å². The van der Waals surface area contributed by atoms with Gasteiger partial charge in [0.25, 0.3) is 0 Å². The van der Waals surface area contributed by atoms with Crippen molar-refractivity contribution < 1.29 is 13.9 Å². The van der Waals surface area contributed by atoms with Gasteiger partial charge in [-0.15, -0.1) is 0 Å². The van der Waals surface area contributed by atoms with Crippen molar-refractivity contribution in [2.24, 2.45) is 4.99 Å². The maximum Gasteiger partial charge on any atom is 0.216 e. The Morgan fingerprint density at radius 1 is 1.40 bits per heavy atom. The van der Waals surface area contributed by atoms with Crippen LogP contribution in [0.4, 0.5) is 0 Å². The van der Waals surface area contributed by atoms with Gasteiger partial charge in [0.15, 0.2) is 5.96 Å². The number of nitrogens with one attached hydrogen (secondary N) is 2. The smallest absolute Gasteiger partial charge is 0.216 e. The Hall–Kier alpha value is -1.60. The van der Waals surface area contributed by atoms with Gasteiger partial charge in [-0.2, -0.15) is 0 Å². The van der Waals surface area contributed by atoms with Crippen molar-refractivity contribution in [2.75, 3.05) is 32.9 Å². The zero-order valence-corrected chi connectivity index (χ0v) is 15.9. The van der Waals surface area contributed by atoms with Gasteiger partial charge >= 0.3 is 0 Å². The molecule has 0 spiro atoms. The Kier molecular flexibility index (Phi) is 7.71. The summed E-state index contributed by atoms with van der Waals surface area (Å²) < 4.78 is 16.8. The highest BCUT2D eigenvalue weighted by Gasteiger charge is 2.19. The molecule has 1 aliphatic rings. The van der Waals surface area contributed by atoms with Gasteiger partial charge in [-0.1, -0.05) is 20.8 Å². The predicted octanol–water partition coefficient (Wildman–Crippen LogP) is 2.22. The van der Waals surface area contributed by atoms with Crippen molar-refractivity contribution in [2.45, 2.75) is 58.6 Å². The van der Waals surface area contributed by atoms with E-state index in [0.717, 1.165) is 57.5 Å². The molecule has 1 aromatic rings. The number of hydrogen-bond acceptors (Lipinski definition) is 5. The lowest BCUT2D eigenvalue weighted by Crippen LogP contribution is -2.38. The average molecular weight is 352 g/mol. The number of nitrogens with zero attached hydrogens (tertiary/aromatic N) is 2. The van der Waals surface area contributed by atoms with Crippen molar-refractivity contribution in [3.63, 3.8) is 0 Å². The first-order valence-corrected chi connectivity index (χ1v) is 9.15. The fraction of sp³-hybridized carbons (Fsp3) is 0.778. The molecule has 25 heavy (non-hydrogen) atoms. The molecular formula is C18H32N4O3. The van der Waals surface area contributed by atoms with Crippen molar-refractivity contribution in [3.05, 3.63) is 17.8 Å². The van der Waals surface area contributed by atoms with E-state index in [0.29, 0.717) is 12.4 Å². The van der Waals surface area contributed by atoms with Crippen molar-refractivity contribution >= 4 is 5.96 Å². The van der Waals surface area contributed by atoms with E-state index in [-0.39, 0.29) is 11.5 Å². The lowest BCUT2D eigenvalue weighted by Gasteiger charge is -2.13. The summed E-state index contributed by atoms with van der Waals surface area (Å²) in [6.07, 6.45) is 3.98. The molecule has 0 bridgehead atoms. The molecule has 0 aromatic carbocycles. The SMILES string of the molecule is CCNC(=NCc1ncc(C(C)(C)C)o1)NCCCOC1CCOC1. The zero-order chi connectivity index (χ0) is 18.1. The molecule has 142 valence electrons. The zero-order valence-electron chi connectivity index (χ0n) is 15.9. The summed E-state index contributed by atoms with van der Waals surface area (Å²) in [4.78, 5) is 8.84. The van der Waals surface area contributed by atoms with Crippen LogP contribution in [0.3, 0.4) is 0 Å². The molecule has 1 unspecified atom stereocenters. The van der Waals surface area contributed by atoms with Crippen LogP contribution in [0.5, 0.6) is 0 Å². The lowest BCUT2D eigenvalue weighted by atomic mass is 9.94. The van der Waals surface area contributed by atoms with Crippen molar-refractivity contribution in [1.29, 1.82) is 0 Å². The third-order valence-electron chi connectivity index (χ3n) is 3.86. The third-order valence-corrected chi connectivity index (χ3v) is 3.86. The molecule has 2 rings (SSSR count). The number of aliphatic imine (C=N–C) groups is 1. The number of rotatable bonds is 8. The number of ether oxygens (including phenoxy) is 2. The Bertz CT molecular complexity index is 531. The molecule has 1 saturated heterocycles. The van der Waals surface area contributed by atoms with Crippen LogP contribution in [-0.4, -0.2) is 50.0 Å². The van der Waals surface area contributed by atoms with E-state index in [1.807, 2.05) is 6.92 Å². The number of oxazole rings is 1. The van der Waals surface area contributed by atoms with Crippen LogP contribution < -0.4 is 10.6 Å². The van der Waals surface area contributed by atoms with Crippen LogP contribution in [0.1, 0.15) is 52.2 Å². The minimum atomic E-state index is -0.0396. The molecule has 1 aliphatic heterocycles. The molecular weight excluding hydrogens is 320 g/mol. The Morgan fingerprint density at radius 2 is 2.24 bits per heavy atom. The molecule has 1 aromatic heterocycles. The summed E-state index contributed by atoms with van der Waals surface area (Å²) in [5.41, 5.74) is -0.0396. The molecule has 0 radical (unpaired) electrons. The topological polar surface area (TPSA) is 80.9 Å². The molecule has 1 fully saturated rings. The molecule has 2 heterocycles. The van der Waals surface area contributed by atoms with Crippen LogP contribution in [0.25, 0.3) is 0 Å². The van der Waals surface area contributed by atoms with Gasteiger partial charge in [0, 0.05) is 31.7 Å². The Labute approximate surface area is 150 Å². The van der Waals surface area contributed by atoms with E-state index in [2.05, 4.69) is 41.4 Å². The van der Waals surface area contributed by atoms with Crippen molar-refractivity contribution in [1.82, 2.24) is 15.6 Å². The summed E-state index contributed by atoms with van der Waals surface area (Å²) in [6.45, 7) is 12.7. The minimum absolute atomic E-state index is 0.0396. The van der Waals surface area contributed by atoms with Gasteiger partial charge < -0.3 is 24.5 Å². The van der Waals surface area contributed by atoms with E-state index < -0.39 is 0 Å². The Morgan fingerprint density at radius 3 is 2.88 bits per heavy atom. The quantitative estimate of drug-likeness (QED) is 0.424. The minimum Gasteiger partial charge on any atom is -0.443 e. The molecule has 2 N–H and O–H groups in total. The number of aromatic nitrogens is 1. The first kappa shape index (κ1) is 19.7. The molecule has 0 amide bonds. The summed E-state index contributed by atoms with van der Waals surface area (Å²) in [5.74, 6) is 2.28. The maximum atomic E-state index is 5.77. The first-order chi connectivity index (χ1) is 12.0. The second-order valence-corrected chi connectivity index (χ2v) is 7.20. The van der Waals surface area contributed by atoms with Crippen LogP contribution in [0.2, 0.25) is 0 Å². The van der Waals surface area contributed by atoms with E-state index >= 15 is 0 Å². The van der Waals surface area contributed by atoms with Gasteiger partial charge in [-0.3, -0.25) is 0 Å². The van der Waals surface area contributed by atoms with Crippen LogP contribution in [0.15, 0.2) is 15.6 Å². The second kappa shape index (κ2) is 9.77. The number of hydrogen-bond donors (Lipinski definition) is 2. The van der Waals surface area contributed by atoms with Gasteiger partial charge in [-0.25, -0.2) is 9.98 Å². The highest BCUT2D eigenvalue weighted by atomic mass is 16.5. The largest absolute Gasteiger partial charge is 0.443 e. The van der Waals surface area contributed by atoms with Crippen LogP contribution in [0, 0.1) is 0 Å². The predicted molar refractivity (Wildman–Crippen MR) is 97.8 cm³/mol. The highest BCUT2D eigenvalue weighted by molar-refractivity contribution is 5.79. The van der Waals surface area contributed by atoms with Gasteiger partial charge in [-0.05, 0) is 19.8 Å². The van der Waals surface area contributed by atoms with Crippen molar-refractivity contribution in [3.8, 4) is 0 Å². The highest BCUT2D eigenvalue weighted by Crippen LogP contribution is 2.22. The monoisotopic (exact) mass is 352 g/mol. The molecule has 0 aliphatic carbocycles. The molecule has 7 heteroatoms. The molecule has 0 saturated carbocycles. The van der Waals surface area contributed by atoms with E-state index in [1.54, 1.807) is 6.20 Å². The normalized spacial score (nSPS) is 18.6. The summed E-state index contributed by atoms with van der Waals surface area (Å²) in [5, 5.41) is 6.54. The fourth-order valence-electron chi connectivity index (χ4n) is 2.39. The standard InChI is InChI=1S/C18H32N4O3/c1-5-19-17(20-8-6-9-24-14-7-10-23-13-14)22-12-16-21-11-15(25-16)18(2,3)4/h11,14H,5-10,12-13H2,1-4H3,(H2,19,20,22). The van der Waals surface area contributed by atoms with Crippen LogP contribution in [-0.2, 0) is 21.4 Å². The summed E-state index contributed by atoms with van der Waals surface area (Å²) in [6, 6.07) is 0. The first-order valence-electron chi connectivity index (χ1n) is 9.15. The number of guanidine groups is 1. The summed E-state index contributed by atoms with van der Waals surface area (Å²) >= 11 is 0. The van der Waals surface area contributed by atoms with Gasteiger partial charge in [0.2, 0.25) is 5.89 Å². The maximum absolute atomic E-state index is 5.77. The fourth-order valence-corrected chi connectivity index (χ4v) is 2.39.